The SMILES string of the molecule is CC(C)CSc1nc(SCC(C)C)nc(C(C)C)n1. The topological polar surface area (TPSA) is 38.7 Å². The summed E-state index contributed by atoms with van der Waals surface area (Å²) in [6, 6.07) is 0. The zero-order valence-electron chi connectivity index (χ0n) is 12.8. The molecule has 0 bridgehead atoms. The average Bonchev–Trinajstić information content (AvgIpc) is 2.33. The van der Waals surface area contributed by atoms with E-state index < -0.39 is 0 Å². The maximum atomic E-state index is 4.56. The van der Waals surface area contributed by atoms with Gasteiger partial charge in [0.2, 0.25) is 0 Å². The van der Waals surface area contributed by atoms with Crippen LogP contribution in [0, 0.1) is 11.8 Å². The first-order valence-corrected chi connectivity index (χ1v) is 8.87. The number of thioether (sulfide) groups is 2. The van der Waals surface area contributed by atoms with Crippen molar-refractivity contribution in [2.24, 2.45) is 11.8 Å². The van der Waals surface area contributed by atoms with Crippen molar-refractivity contribution in [2.75, 3.05) is 11.5 Å². The second kappa shape index (κ2) is 8.10. The molecule has 0 radical (unpaired) electrons. The van der Waals surface area contributed by atoms with Gasteiger partial charge < -0.3 is 0 Å². The fourth-order valence-electron chi connectivity index (χ4n) is 1.22. The van der Waals surface area contributed by atoms with E-state index >= 15 is 0 Å². The zero-order chi connectivity index (χ0) is 14.4. The molecule has 0 spiro atoms. The molecule has 1 aromatic heterocycles. The van der Waals surface area contributed by atoms with Crippen molar-refractivity contribution in [2.45, 2.75) is 57.8 Å². The van der Waals surface area contributed by atoms with Crippen LogP contribution in [0.5, 0.6) is 0 Å². The van der Waals surface area contributed by atoms with Crippen LogP contribution in [0.2, 0.25) is 0 Å². The van der Waals surface area contributed by atoms with Gasteiger partial charge in [0.15, 0.2) is 10.3 Å². The highest BCUT2D eigenvalue weighted by molar-refractivity contribution is 7.99. The lowest BCUT2D eigenvalue weighted by Crippen LogP contribution is -2.05. The number of rotatable bonds is 7. The Morgan fingerprint density at radius 3 is 1.47 bits per heavy atom. The summed E-state index contributed by atoms with van der Waals surface area (Å²) >= 11 is 3.47. The van der Waals surface area contributed by atoms with Crippen LogP contribution in [0.4, 0.5) is 0 Å². The monoisotopic (exact) mass is 299 g/mol. The van der Waals surface area contributed by atoms with Gasteiger partial charge >= 0.3 is 0 Å². The summed E-state index contributed by atoms with van der Waals surface area (Å²) in [7, 11) is 0. The third kappa shape index (κ3) is 6.61. The molecule has 1 aromatic rings. The van der Waals surface area contributed by atoms with Crippen LogP contribution in [-0.4, -0.2) is 26.5 Å². The Hall–Kier alpha value is -0.290. The van der Waals surface area contributed by atoms with E-state index in [2.05, 4.69) is 56.5 Å². The Kier molecular flexibility index (Phi) is 7.15. The van der Waals surface area contributed by atoms with Crippen LogP contribution >= 0.6 is 23.5 Å². The maximum absolute atomic E-state index is 4.56. The molecule has 5 heteroatoms. The number of nitrogens with zero attached hydrogens (tertiary/aromatic N) is 3. The predicted octanol–water partition coefficient (Wildman–Crippen LogP) is 4.49. The fourth-order valence-corrected chi connectivity index (χ4v) is 2.86. The summed E-state index contributed by atoms with van der Waals surface area (Å²) in [5.74, 6) is 4.66. The van der Waals surface area contributed by atoms with Gasteiger partial charge in [-0.2, -0.15) is 4.98 Å². The second-order valence-electron chi connectivity index (χ2n) is 5.82. The van der Waals surface area contributed by atoms with Crippen molar-refractivity contribution in [3.05, 3.63) is 5.82 Å². The van der Waals surface area contributed by atoms with Crippen LogP contribution in [0.25, 0.3) is 0 Å². The van der Waals surface area contributed by atoms with Gasteiger partial charge in [-0.3, -0.25) is 0 Å². The molecule has 3 nitrogen and oxygen atoms in total. The van der Waals surface area contributed by atoms with Crippen molar-refractivity contribution in [1.29, 1.82) is 0 Å². The molecule has 0 fully saturated rings. The summed E-state index contributed by atoms with van der Waals surface area (Å²) in [6.45, 7) is 13.1. The Labute approximate surface area is 125 Å². The van der Waals surface area contributed by atoms with Crippen molar-refractivity contribution >= 4 is 23.5 Å². The lowest BCUT2D eigenvalue weighted by atomic mass is 10.2. The molecule has 19 heavy (non-hydrogen) atoms. The molecule has 108 valence electrons. The Morgan fingerprint density at radius 2 is 1.16 bits per heavy atom. The third-order valence-corrected chi connectivity index (χ3v) is 4.77. The summed E-state index contributed by atoms with van der Waals surface area (Å²) in [5.41, 5.74) is 0. The number of aromatic nitrogens is 3. The molecule has 0 N–H and O–H groups in total. The van der Waals surface area contributed by atoms with Crippen LogP contribution in [-0.2, 0) is 0 Å². The summed E-state index contributed by atoms with van der Waals surface area (Å²) < 4.78 is 0. The smallest absolute Gasteiger partial charge is 0.191 e. The molecule has 1 rings (SSSR count). The largest absolute Gasteiger partial charge is 0.207 e. The second-order valence-corrected chi connectivity index (χ2v) is 7.80. The van der Waals surface area contributed by atoms with Crippen LogP contribution in [0.15, 0.2) is 10.3 Å². The van der Waals surface area contributed by atoms with E-state index in [0.29, 0.717) is 17.8 Å². The maximum Gasteiger partial charge on any atom is 0.191 e. The van der Waals surface area contributed by atoms with Gasteiger partial charge in [0, 0.05) is 17.4 Å². The molecule has 1 heterocycles. The Bertz CT molecular complexity index is 362. The standard InChI is InChI=1S/C14H25N3S2/c1-9(2)7-18-13-15-12(11(5)6)16-14(17-13)19-8-10(3)4/h9-11H,7-8H2,1-6H3. The Morgan fingerprint density at radius 1 is 0.737 bits per heavy atom. The van der Waals surface area contributed by atoms with E-state index in [1.807, 2.05) is 0 Å². The first-order valence-electron chi connectivity index (χ1n) is 6.90. The lowest BCUT2D eigenvalue weighted by Gasteiger charge is -2.10. The summed E-state index contributed by atoms with van der Waals surface area (Å²) in [5, 5.41) is 1.75. The van der Waals surface area contributed by atoms with Gasteiger partial charge in [-0.1, -0.05) is 65.1 Å². The molecule has 0 aliphatic heterocycles. The average molecular weight is 300 g/mol. The highest BCUT2D eigenvalue weighted by Crippen LogP contribution is 2.23. The third-order valence-electron chi connectivity index (χ3n) is 2.22. The normalized spacial score (nSPS) is 11.8. The van der Waals surface area contributed by atoms with Crippen molar-refractivity contribution in [3.63, 3.8) is 0 Å². The quantitative estimate of drug-likeness (QED) is 0.694. The minimum Gasteiger partial charge on any atom is -0.207 e. The fraction of sp³-hybridized carbons (Fsp3) is 0.786. The van der Waals surface area contributed by atoms with E-state index in [0.717, 1.165) is 27.6 Å². The van der Waals surface area contributed by atoms with E-state index in [1.165, 1.54) is 0 Å². The van der Waals surface area contributed by atoms with Gasteiger partial charge in [-0.05, 0) is 11.8 Å². The van der Waals surface area contributed by atoms with Crippen molar-refractivity contribution < 1.29 is 0 Å². The number of hydrogen-bond donors (Lipinski definition) is 0. The van der Waals surface area contributed by atoms with Gasteiger partial charge in [0.1, 0.15) is 5.82 Å². The van der Waals surface area contributed by atoms with E-state index in [1.54, 1.807) is 23.5 Å². The molecule has 0 unspecified atom stereocenters. The highest BCUT2D eigenvalue weighted by atomic mass is 32.2. The molecule has 0 aromatic carbocycles. The van der Waals surface area contributed by atoms with Gasteiger partial charge in [0.05, 0.1) is 0 Å². The van der Waals surface area contributed by atoms with Crippen molar-refractivity contribution in [1.82, 2.24) is 15.0 Å². The van der Waals surface area contributed by atoms with E-state index in [4.69, 9.17) is 0 Å². The Balaban J connectivity index is 2.84. The lowest BCUT2D eigenvalue weighted by molar-refractivity contribution is 0.672. The van der Waals surface area contributed by atoms with Crippen LogP contribution < -0.4 is 0 Å². The molecule has 0 atom stereocenters. The zero-order valence-corrected chi connectivity index (χ0v) is 14.4. The molecule has 0 aliphatic rings. The molecule has 0 amide bonds. The van der Waals surface area contributed by atoms with Crippen LogP contribution in [0.1, 0.15) is 53.3 Å². The molecular formula is C14H25N3S2. The van der Waals surface area contributed by atoms with E-state index in [9.17, 15) is 0 Å². The van der Waals surface area contributed by atoms with Crippen LogP contribution in [0.3, 0.4) is 0 Å². The van der Waals surface area contributed by atoms with E-state index in [-0.39, 0.29) is 0 Å². The summed E-state index contributed by atoms with van der Waals surface area (Å²) in [4.78, 5) is 13.7. The predicted molar refractivity (Wildman–Crippen MR) is 85.0 cm³/mol. The summed E-state index contributed by atoms with van der Waals surface area (Å²) in [6.07, 6.45) is 0. The molecule has 0 saturated carbocycles. The molecule has 0 aliphatic carbocycles. The molecule has 0 saturated heterocycles. The van der Waals surface area contributed by atoms with Gasteiger partial charge in [-0.25, -0.2) is 9.97 Å². The first kappa shape index (κ1) is 16.8. The number of hydrogen-bond acceptors (Lipinski definition) is 5. The van der Waals surface area contributed by atoms with Gasteiger partial charge in [-0.15, -0.1) is 0 Å². The van der Waals surface area contributed by atoms with Gasteiger partial charge in [0.25, 0.3) is 0 Å². The van der Waals surface area contributed by atoms with Crippen molar-refractivity contribution in [3.8, 4) is 0 Å². The first-order chi connectivity index (χ1) is 8.88. The molecular weight excluding hydrogens is 274 g/mol. The minimum absolute atomic E-state index is 0.347. The minimum atomic E-state index is 0.347. The highest BCUT2D eigenvalue weighted by Gasteiger charge is 2.11.